The lowest BCUT2D eigenvalue weighted by atomic mass is 10.2. The highest BCUT2D eigenvalue weighted by molar-refractivity contribution is 5.92. The Kier molecular flexibility index (Phi) is 8.20. The summed E-state index contributed by atoms with van der Waals surface area (Å²) in [4.78, 5) is 23.4. The lowest BCUT2D eigenvalue weighted by Crippen LogP contribution is -2.21. The Bertz CT molecular complexity index is 780. The Morgan fingerprint density at radius 1 is 1.07 bits per heavy atom. The van der Waals surface area contributed by atoms with E-state index < -0.39 is 25.1 Å². The van der Waals surface area contributed by atoms with Crippen molar-refractivity contribution in [2.24, 2.45) is 0 Å². The third kappa shape index (κ3) is 8.03. The van der Waals surface area contributed by atoms with E-state index in [1.54, 1.807) is 0 Å². The molecule has 0 aliphatic rings. The fourth-order valence-corrected chi connectivity index (χ4v) is 2.25. The van der Waals surface area contributed by atoms with Crippen molar-refractivity contribution >= 4 is 17.6 Å². The van der Waals surface area contributed by atoms with Crippen molar-refractivity contribution in [1.29, 1.82) is 0 Å². The van der Waals surface area contributed by atoms with Crippen LogP contribution in [0.25, 0.3) is 0 Å². The third-order valence-corrected chi connectivity index (χ3v) is 3.51. The highest BCUT2D eigenvalue weighted by Gasteiger charge is 2.09. The van der Waals surface area contributed by atoms with Crippen LogP contribution < -0.4 is 14.8 Å². The number of benzene rings is 2. The number of anilines is 1. The average Bonchev–Trinajstić information content (AvgIpc) is 2.65. The van der Waals surface area contributed by atoms with Crippen LogP contribution in [0.5, 0.6) is 11.5 Å². The molecule has 6 nitrogen and oxygen atoms in total. The van der Waals surface area contributed by atoms with Gasteiger partial charge in [-0.2, -0.15) is 8.78 Å². The maximum atomic E-state index is 12.1. The van der Waals surface area contributed by atoms with Crippen molar-refractivity contribution in [3.05, 3.63) is 54.1 Å². The lowest BCUT2D eigenvalue weighted by molar-refractivity contribution is -0.147. The largest absolute Gasteiger partial charge is 0.494 e. The molecule has 0 atom stereocenters. The van der Waals surface area contributed by atoms with Crippen LogP contribution in [-0.2, 0) is 14.3 Å². The summed E-state index contributed by atoms with van der Waals surface area (Å²) in [7, 11) is 0. The number of nitrogens with one attached hydrogen (secondary N) is 1. The molecule has 0 aromatic heterocycles. The zero-order chi connectivity index (χ0) is 20.4. The van der Waals surface area contributed by atoms with Gasteiger partial charge in [-0.1, -0.05) is 12.1 Å². The molecular formula is C20H21F2NO5. The minimum atomic E-state index is -2.91. The number of hydrogen-bond acceptors (Lipinski definition) is 5. The van der Waals surface area contributed by atoms with Crippen LogP contribution >= 0.6 is 0 Å². The van der Waals surface area contributed by atoms with Crippen molar-refractivity contribution in [1.82, 2.24) is 0 Å². The maximum absolute atomic E-state index is 12.1. The van der Waals surface area contributed by atoms with E-state index in [0.717, 1.165) is 11.3 Å². The van der Waals surface area contributed by atoms with Gasteiger partial charge in [0.1, 0.15) is 11.5 Å². The summed E-state index contributed by atoms with van der Waals surface area (Å²) in [6, 6.07) is 13.0. The van der Waals surface area contributed by atoms with Crippen LogP contribution in [0.1, 0.15) is 18.4 Å². The molecule has 0 aliphatic heterocycles. The predicted octanol–water partition coefficient (Wildman–Crippen LogP) is 3.94. The van der Waals surface area contributed by atoms with E-state index in [1.165, 1.54) is 24.3 Å². The second kappa shape index (κ2) is 10.9. The highest BCUT2D eigenvalue weighted by atomic mass is 19.3. The van der Waals surface area contributed by atoms with Crippen molar-refractivity contribution in [2.75, 3.05) is 18.5 Å². The Labute approximate surface area is 161 Å². The Morgan fingerprint density at radius 2 is 1.82 bits per heavy atom. The first kappa shape index (κ1) is 21.1. The monoisotopic (exact) mass is 393 g/mol. The summed E-state index contributed by atoms with van der Waals surface area (Å²) in [6.45, 7) is -1.03. The van der Waals surface area contributed by atoms with E-state index in [9.17, 15) is 18.4 Å². The average molecular weight is 393 g/mol. The van der Waals surface area contributed by atoms with E-state index in [1.807, 2.05) is 31.2 Å². The molecule has 1 N–H and O–H groups in total. The SMILES string of the molecule is Cc1cccc(OCCCC(=O)OCC(=O)Nc2ccc(OC(F)F)cc2)c1. The number of ether oxygens (including phenoxy) is 3. The molecule has 0 fully saturated rings. The molecule has 0 aliphatic carbocycles. The van der Waals surface area contributed by atoms with Gasteiger partial charge < -0.3 is 19.5 Å². The molecule has 0 unspecified atom stereocenters. The molecule has 0 saturated carbocycles. The van der Waals surface area contributed by atoms with Crippen LogP contribution in [0.15, 0.2) is 48.5 Å². The van der Waals surface area contributed by atoms with Gasteiger partial charge in [-0.05, 0) is 55.3 Å². The van der Waals surface area contributed by atoms with Gasteiger partial charge in [0.15, 0.2) is 6.61 Å². The van der Waals surface area contributed by atoms with Crippen molar-refractivity contribution in [3.63, 3.8) is 0 Å². The number of esters is 1. The summed E-state index contributed by atoms with van der Waals surface area (Å²) >= 11 is 0. The number of hydrogen-bond donors (Lipinski definition) is 1. The first-order valence-corrected chi connectivity index (χ1v) is 8.62. The fourth-order valence-electron chi connectivity index (χ4n) is 2.25. The summed E-state index contributed by atoms with van der Waals surface area (Å²) in [6.07, 6.45) is 0.582. The number of carbonyl (C=O) groups excluding carboxylic acids is 2. The van der Waals surface area contributed by atoms with Gasteiger partial charge in [0, 0.05) is 12.1 Å². The number of amides is 1. The van der Waals surface area contributed by atoms with E-state index in [0.29, 0.717) is 18.7 Å². The lowest BCUT2D eigenvalue weighted by Gasteiger charge is -2.09. The van der Waals surface area contributed by atoms with E-state index >= 15 is 0 Å². The summed E-state index contributed by atoms with van der Waals surface area (Å²) in [5.41, 5.74) is 1.45. The zero-order valence-electron chi connectivity index (χ0n) is 15.3. The molecule has 2 aromatic carbocycles. The summed E-state index contributed by atoms with van der Waals surface area (Å²) in [5, 5.41) is 2.49. The third-order valence-electron chi connectivity index (χ3n) is 3.51. The first-order valence-electron chi connectivity index (χ1n) is 8.62. The standard InChI is InChI=1S/C20H21F2NO5/c1-14-4-2-5-17(12-14)26-11-3-6-19(25)27-13-18(24)23-15-7-9-16(10-8-15)28-20(21)22/h2,4-5,7-10,12,20H,3,6,11,13H2,1H3,(H,23,24). The van der Waals surface area contributed by atoms with Crippen LogP contribution in [0.3, 0.4) is 0 Å². The van der Waals surface area contributed by atoms with E-state index in [4.69, 9.17) is 9.47 Å². The number of rotatable bonds is 10. The van der Waals surface area contributed by atoms with Gasteiger partial charge in [0.05, 0.1) is 6.61 Å². The van der Waals surface area contributed by atoms with Crippen molar-refractivity contribution in [3.8, 4) is 11.5 Å². The molecule has 1 amide bonds. The second-order valence-corrected chi connectivity index (χ2v) is 5.88. The number of aryl methyl sites for hydroxylation is 1. The van der Waals surface area contributed by atoms with Crippen LogP contribution in [-0.4, -0.2) is 31.7 Å². The zero-order valence-corrected chi connectivity index (χ0v) is 15.3. The van der Waals surface area contributed by atoms with Crippen LogP contribution in [0.4, 0.5) is 14.5 Å². The number of halogens is 2. The molecule has 0 radical (unpaired) electrons. The van der Waals surface area contributed by atoms with Crippen molar-refractivity contribution in [2.45, 2.75) is 26.4 Å². The minimum absolute atomic E-state index is 0.0210. The summed E-state index contributed by atoms with van der Waals surface area (Å²) < 4.78 is 38.8. The molecule has 150 valence electrons. The molecule has 8 heteroatoms. The van der Waals surface area contributed by atoms with Crippen LogP contribution in [0.2, 0.25) is 0 Å². The summed E-state index contributed by atoms with van der Waals surface area (Å²) in [5.74, 6) is -0.333. The van der Waals surface area contributed by atoms with E-state index in [-0.39, 0.29) is 12.2 Å². The molecule has 28 heavy (non-hydrogen) atoms. The Hall–Kier alpha value is -3.16. The predicted molar refractivity (Wildman–Crippen MR) is 98.6 cm³/mol. The normalized spacial score (nSPS) is 10.4. The van der Waals surface area contributed by atoms with Crippen LogP contribution in [0, 0.1) is 6.92 Å². The topological polar surface area (TPSA) is 73.9 Å². The van der Waals surface area contributed by atoms with Gasteiger partial charge >= 0.3 is 12.6 Å². The molecule has 0 spiro atoms. The van der Waals surface area contributed by atoms with Gasteiger partial charge in [-0.15, -0.1) is 0 Å². The van der Waals surface area contributed by atoms with Crippen molar-refractivity contribution < 1.29 is 32.6 Å². The Morgan fingerprint density at radius 3 is 2.50 bits per heavy atom. The van der Waals surface area contributed by atoms with Gasteiger partial charge in [0.25, 0.3) is 5.91 Å². The number of carbonyl (C=O) groups is 2. The Balaban J connectivity index is 1.61. The van der Waals surface area contributed by atoms with E-state index in [2.05, 4.69) is 10.1 Å². The molecule has 0 saturated heterocycles. The van der Waals surface area contributed by atoms with Gasteiger partial charge in [-0.25, -0.2) is 0 Å². The fraction of sp³-hybridized carbons (Fsp3) is 0.300. The molecule has 2 aromatic rings. The second-order valence-electron chi connectivity index (χ2n) is 5.88. The maximum Gasteiger partial charge on any atom is 0.387 e. The highest BCUT2D eigenvalue weighted by Crippen LogP contribution is 2.17. The molecular weight excluding hydrogens is 372 g/mol. The number of alkyl halides is 2. The smallest absolute Gasteiger partial charge is 0.387 e. The molecule has 0 heterocycles. The molecule has 2 rings (SSSR count). The van der Waals surface area contributed by atoms with Gasteiger partial charge in [0.2, 0.25) is 0 Å². The minimum Gasteiger partial charge on any atom is -0.494 e. The van der Waals surface area contributed by atoms with Gasteiger partial charge in [-0.3, -0.25) is 9.59 Å². The molecule has 0 bridgehead atoms. The quantitative estimate of drug-likeness (QED) is 0.489. The first-order chi connectivity index (χ1) is 13.4.